The smallest absolute Gasteiger partial charge is 0.251 e. The molecule has 86 valence electrons. The largest absolute Gasteiger partial charge is 0.395 e. The standard InChI is InChI=1S/C9H20F2N2O/c1-9(2,6-12)7-13(3-4-14)5-8(10)11/h8,14H,3-7,12H2,1-2H3. The topological polar surface area (TPSA) is 49.5 Å². The van der Waals surface area contributed by atoms with Gasteiger partial charge in [0.2, 0.25) is 0 Å². The molecule has 0 rings (SSSR count). The van der Waals surface area contributed by atoms with E-state index in [1.807, 2.05) is 13.8 Å². The predicted octanol–water partition coefficient (Wildman–Crippen LogP) is 0.531. The maximum absolute atomic E-state index is 12.1. The van der Waals surface area contributed by atoms with Crippen molar-refractivity contribution in [1.82, 2.24) is 4.90 Å². The molecule has 0 radical (unpaired) electrons. The minimum Gasteiger partial charge on any atom is -0.395 e. The highest BCUT2D eigenvalue weighted by Crippen LogP contribution is 2.15. The van der Waals surface area contributed by atoms with Crippen LogP contribution in [0.5, 0.6) is 0 Å². The zero-order valence-electron chi connectivity index (χ0n) is 8.84. The molecule has 0 spiro atoms. The molecule has 0 aromatic heterocycles. The van der Waals surface area contributed by atoms with Gasteiger partial charge in [0.25, 0.3) is 6.43 Å². The molecular weight excluding hydrogens is 190 g/mol. The molecule has 0 heterocycles. The van der Waals surface area contributed by atoms with Crippen molar-refractivity contribution < 1.29 is 13.9 Å². The number of halogens is 2. The van der Waals surface area contributed by atoms with Crippen molar-refractivity contribution >= 4 is 0 Å². The van der Waals surface area contributed by atoms with Crippen molar-refractivity contribution in [3.63, 3.8) is 0 Å². The summed E-state index contributed by atoms with van der Waals surface area (Å²) in [6.45, 7) is 4.63. The molecule has 0 amide bonds. The van der Waals surface area contributed by atoms with E-state index in [4.69, 9.17) is 10.8 Å². The minimum absolute atomic E-state index is 0.104. The van der Waals surface area contributed by atoms with Gasteiger partial charge in [-0.2, -0.15) is 0 Å². The lowest BCUT2D eigenvalue weighted by Gasteiger charge is -2.31. The van der Waals surface area contributed by atoms with Crippen LogP contribution in [-0.2, 0) is 0 Å². The van der Waals surface area contributed by atoms with Gasteiger partial charge in [0.05, 0.1) is 13.2 Å². The van der Waals surface area contributed by atoms with Gasteiger partial charge >= 0.3 is 0 Å². The summed E-state index contributed by atoms with van der Waals surface area (Å²) in [6, 6.07) is 0. The van der Waals surface area contributed by atoms with Crippen LogP contribution in [-0.4, -0.2) is 49.2 Å². The van der Waals surface area contributed by atoms with Gasteiger partial charge in [0.15, 0.2) is 0 Å². The van der Waals surface area contributed by atoms with E-state index >= 15 is 0 Å². The van der Waals surface area contributed by atoms with Gasteiger partial charge in [0.1, 0.15) is 0 Å². The van der Waals surface area contributed by atoms with Crippen molar-refractivity contribution in [2.45, 2.75) is 20.3 Å². The first-order chi connectivity index (χ1) is 6.41. The zero-order chi connectivity index (χ0) is 11.2. The Morgan fingerprint density at radius 3 is 2.36 bits per heavy atom. The molecule has 0 saturated carbocycles. The first-order valence-electron chi connectivity index (χ1n) is 4.72. The lowest BCUT2D eigenvalue weighted by Crippen LogP contribution is -2.42. The number of hydrogen-bond acceptors (Lipinski definition) is 3. The number of nitrogens with zero attached hydrogens (tertiary/aromatic N) is 1. The van der Waals surface area contributed by atoms with E-state index in [-0.39, 0.29) is 25.1 Å². The van der Waals surface area contributed by atoms with E-state index in [0.29, 0.717) is 13.1 Å². The highest BCUT2D eigenvalue weighted by molar-refractivity contribution is 4.75. The number of alkyl halides is 2. The lowest BCUT2D eigenvalue weighted by molar-refractivity contribution is 0.0595. The van der Waals surface area contributed by atoms with Gasteiger partial charge in [0, 0.05) is 13.1 Å². The SMILES string of the molecule is CC(C)(CN)CN(CCO)CC(F)F. The summed E-state index contributed by atoms with van der Waals surface area (Å²) in [5, 5.41) is 8.70. The Labute approximate surface area is 83.9 Å². The highest BCUT2D eigenvalue weighted by Gasteiger charge is 2.21. The van der Waals surface area contributed by atoms with E-state index in [2.05, 4.69) is 0 Å². The van der Waals surface area contributed by atoms with Crippen LogP contribution in [0.1, 0.15) is 13.8 Å². The molecule has 0 saturated heterocycles. The van der Waals surface area contributed by atoms with E-state index in [0.717, 1.165) is 0 Å². The van der Waals surface area contributed by atoms with Crippen LogP contribution in [0.3, 0.4) is 0 Å². The third kappa shape index (κ3) is 6.23. The van der Waals surface area contributed by atoms with Crippen LogP contribution in [0.25, 0.3) is 0 Å². The molecule has 0 atom stereocenters. The van der Waals surface area contributed by atoms with E-state index in [1.165, 1.54) is 4.90 Å². The summed E-state index contributed by atoms with van der Waals surface area (Å²) in [5.74, 6) is 0. The molecule has 0 unspecified atom stereocenters. The van der Waals surface area contributed by atoms with Gasteiger partial charge in [-0.3, -0.25) is 4.90 Å². The van der Waals surface area contributed by atoms with Crippen LogP contribution in [0.15, 0.2) is 0 Å². The molecule has 0 aliphatic carbocycles. The van der Waals surface area contributed by atoms with Gasteiger partial charge < -0.3 is 10.8 Å². The average molecular weight is 210 g/mol. The molecular formula is C9H20F2N2O. The second-order valence-corrected chi connectivity index (χ2v) is 4.22. The van der Waals surface area contributed by atoms with E-state index in [1.54, 1.807) is 0 Å². The van der Waals surface area contributed by atoms with E-state index in [9.17, 15) is 8.78 Å². The first-order valence-corrected chi connectivity index (χ1v) is 4.72. The molecule has 0 bridgehead atoms. The van der Waals surface area contributed by atoms with Crippen LogP contribution in [0.4, 0.5) is 8.78 Å². The fourth-order valence-corrected chi connectivity index (χ4v) is 1.24. The van der Waals surface area contributed by atoms with Crippen molar-refractivity contribution in [2.24, 2.45) is 11.1 Å². The van der Waals surface area contributed by atoms with Crippen molar-refractivity contribution in [3.05, 3.63) is 0 Å². The van der Waals surface area contributed by atoms with Gasteiger partial charge in [-0.1, -0.05) is 13.8 Å². The zero-order valence-corrected chi connectivity index (χ0v) is 8.84. The summed E-state index contributed by atoms with van der Waals surface area (Å²) < 4.78 is 24.3. The Balaban J connectivity index is 4.07. The van der Waals surface area contributed by atoms with Gasteiger partial charge in [-0.05, 0) is 12.0 Å². The maximum atomic E-state index is 12.1. The third-order valence-electron chi connectivity index (χ3n) is 2.02. The molecule has 0 aromatic rings. The Bertz CT molecular complexity index is 154. The Morgan fingerprint density at radius 1 is 1.43 bits per heavy atom. The van der Waals surface area contributed by atoms with Crippen LogP contribution >= 0.6 is 0 Å². The lowest BCUT2D eigenvalue weighted by atomic mass is 9.93. The third-order valence-corrected chi connectivity index (χ3v) is 2.02. The Hall–Kier alpha value is -0.260. The molecule has 0 fully saturated rings. The number of rotatable bonds is 7. The Morgan fingerprint density at radius 2 is 2.00 bits per heavy atom. The summed E-state index contributed by atoms with van der Waals surface area (Å²) in [7, 11) is 0. The van der Waals surface area contributed by atoms with E-state index < -0.39 is 6.43 Å². The fourth-order valence-electron chi connectivity index (χ4n) is 1.24. The number of nitrogens with two attached hydrogens (primary N) is 1. The Kier molecular flexibility index (Phi) is 6.15. The molecule has 3 nitrogen and oxygen atoms in total. The number of aliphatic hydroxyl groups excluding tert-OH is 1. The summed E-state index contributed by atoms with van der Waals surface area (Å²) in [5.41, 5.74) is 5.31. The molecule has 0 aliphatic heterocycles. The van der Waals surface area contributed by atoms with Crippen LogP contribution in [0, 0.1) is 5.41 Å². The molecule has 0 aliphatic rings. The predicted molar refractivity (Wildman–Crippen MR) is 52.4 cm³/mol. The average Bonchev–Trinajstić information content (AvgIpc) is 2.03. The van der Waals surface area contributed by atoms with Crippen molar-refractivity contribution in [3.8, 4) is 0 Å². The van der Waals surface area contributed by atoms with Crippen molar-refractivity contribution in [1.29, 1.82) is 0 Å². The molecule has 14 heavy (non-hydrogen) atoms. The number of aliphatic hydroxyl groups is 1. The minimum atomic E-state index is -2.37. The van der Waals surface area contributed by atoms with Crippen LogP contribution in [0.2, 0.25) is 0 Å². The van der Waals surface area contributed by atoms with Gasteiger partial charge in [-0.15, -0.1) is 0 Å². The molecule has 5 heteroatoms. The second kappa shape index (κ2) is 6.27. The highest BCUT2D eigenvalue weighted by atomic mass is 19.3. The normalized spacial score (nSPS) is 12.9. The monoisotopic (exact) mass is 210 g/mol. The maximum Gasteiger partial charge on any atom is 0.251 e. The number of hydrogen-bond donors (Lipinski definition) is 2. The molecule has 3 N–H and O–H groups in total. The summed E-state index contributed by atoms with van der Waals surface area (Å²) >= 11 is 0. The summed E-state index contributed by atoms with van der Waals surface area (Å²) in [4.78, 5) is 1.54. The van der Waals surface area contributed by atoms with Gasteiger partial charge in [-0.25, -0.2) is 8.78 Å². The summed E-state index contributed by atoms with van der Waals surface area (Å²) in [6.07, 6.45) is -2.37. The second-order valence-electron chi connectivity index (χ2n) is 4.22. The first kappa shape index (κ1) is 13.7. The molecule has 0 aromatic carbocycles. The van der Waals surface area contributed by atoms with Crippen LogP contribution < -0.4 is 5.73 Å². The fraction of sp³-hybridized carbons (Fsp3) is 1.00. The quantitative estimate of drug-likeness (QED) is 0.644. The van der Waals surface area contributed by atoms with Crippen molar-refractivity contribution in [2.75, 3.05) is 32.8 Å².